The quantitative estimate of drug-likeness (QED) is 0.352. The lowest BCUT2D eigenvalue weighted by Crippen LogP contribution is -2.50. The summed E-state index contributed by atoms with van der Waals surface area (Å²) >= 11 is 1.84. The molecule has 154 valence electrons. The number of nitrogens with one attached hydrogen (secondary N) is 2. The van der Waals surface area contributed by atoms with Crippen molar-refractivity contribution < 1.29 is 0 Å². The summed E-state index contributed by atoms with van der Waals surface area (Å²) in [5, 5.41) is 10.8. The third-order valence-corrected chi connectivity index (χ3v) is 6.61. The van der Waals surface area contributed by atoms with Gasteiger partial charge in [0.2, 0.25) is 0 Å². The lowest BCUT2D eigenvalue weighted by Gasteiger charge is -2.34. The van der Waals surface area contributed by atoms with Gasteiger partial charge in [-0.2, -0.15) is 0 Å². The van der Waals surface area contributed by atoms with Gasteiger partial charge in [-0.05, 0) is 75.2 Å². The minimum absolute atomic E-state index is 0. The van der Waals surface area contributed by atoms with E-state index >= 15 is 0 Å². The Kier molecular flexibility index (Phi) is 10.2. The molecule has 0 aromatic carbocycles. The predicted octanol–water partition coefficient (Wildman–Crippen LogP) is 3.62. The summed E-state index contributed by atoms with van der Waals surface area (Å²) < 4.78 is 0. The van der Waals surface area contributed by atoms with Crippen molar-refractivity contribution in [2.45, 2.75) is 45.1 Å². The van der Waals surface area contributed by atoms with Gasteiger partial charge in [0, 0.05) is 32.7 Å². The Bertz CT molecular complexity index is 535. The van der Waals surface area contributed by atoms with Gasteiger partial charge in [-0.25, -0.2) is 0 Å². The van der Waals surface area contributed by atoms with Gasteiger partial charge >= 0.3 is 0 Å². The molecule has 3 heterocycles. The SMILES string of the molecule is CCCN1CCC(CNC(=NC)NC2CCN(c3cccs3)CC2)CC1.I. The van der Waals surface area contributed by atoms with Crippen LogP contribution in [0.4, 0.5) is 5.00 Å². The van der Waals surface area contributed by atoms with Crippen molar-refractivity contribution in [2.24, 2.45) is 10.9 Å². The average molecular weight is 506 g/mol. The fourth-order valence-electron chi connectivity index (χ4n) is 4.05. The number of aliphatic imine (C=N–C) groups is 1. The van der Waals surface area contributed by atoms with Crippen molar-refractivity contribution in [3.8, 4) is 0 Å². The van der Waals surface area contributed by atoms with Crippen molar-refractivity contribution in [3.63, 3.8) is 0 Å². The molecular formula is C20H36IN5S. The lowest BCUT2D eigenvalue weighted by atomic mass is 9.97. The maximum Gasteiger partial charge on any atom is 0.191 e. The van der Waals surface area contributed by atoms with Gasteiger partial charge in [0.1, 0.15) is 0 Å². The molecule has 0 saturated carbocycles. The Balaban J connectivity index is 0.00000261. The first kappa shape index (κ1) is 22.7. The number of rotatable bonds is 6. The summed E-state index contributed by atoms with van der Waals surface area (Å²) in [7, 11) is 1.89. The fraction of sp³-hybridized carbons (Fsp3) is 0.750. The maximum absolute atomic E-state index is 4.45. The van der Waals surface area contributed by atoms with Gasteiger partial charge in [0.05, 0.1) is 5.00 Å². The topological polar surface area (TPSA) is 42.9 Å². The molecule has 0 radical (unpaired) electrons. The number of nitrogens with zero attached hydrogens (tertiary/aromatic N) is 3. The number of piperidine rings is 2. The molecule has 7 heteroatoms. The molecule has 1 aromatic rings. The minimum Gasteiger partial charge on any atom is -0.363 e. The minimum atomic E-state index is 0. The maximum atomic E-state index is 4.45. The van der Waals surface area contributed by atoms with Crippen molar-refractivity contribution in [3.05, 3.63) is 17.5 Å². The molecule has 0 atom stereocenters. The Labute approximate surface area is 186 Å². The van der Waals surface area contributed by atoms with Gasteiger partial charge < -0.3 is 20.4 Å². The van der Waals surface area contributed by atoms with Gasteiger partial charge in [-0.15, -0.1) is 35.3 Å². The summed E-state index contributed by atoms with van der Waals surface area (Å²) in [5.41, 5.74) is 0. The van der Waals surface area contributed by atoms with Crippen LogP contribution in [0.3, 0.4) is 0 Å². The number of anilines is 1. The highest BCUT2D eigenvalue weighted by molar-refractivity contribution is 14.0. The molecule has 5 nitrogen and oxygen atoms in total. The average Bonchev–Trinajstić information content (AvgIpc) is 3.22. The van der Waals surface area contributed by atoms with Gasteiger partial charge in [-0.3, -0.25) is 4.99 Å². The summed E-state index contributed by atoms with van der Waals surface area (Å²) in [6.07, 6.45) is 6.24. The molecular weight excluding hydrogens is 469 g/mol. The zero-order chi connectivity index (χ0) is 18.2. The van der Waals surface area contributed by atoms with E-state index in [1.807, 2.05) is 18.4 Å². The second-order valence-electron chi connectivity index (χ2n) is 7.60. The molecule has 0 aliphatic carbocycles. The van der Waals surface area contributed by atoms with Crippen LogP contribution in [0, 0.1) is 5.92 Å². The van der Waals surface area contributed by atoms with E-state index in [4.69, 9.17) is 0 Å². The molecule has 3 rings (SSSR count). The third-order valence-electron chi connectivity index (χ3n) is 5.68. The molecule has 2 fully saturated rings. The van der Waals surface area contributed by atoms with Crippen molar-refractivity contribution in [1.82, 2.24) is 15.5 Å². The molecule has 2 aliphatic rings. The van der Waals surface area contributed by atoms with Crippen molar-refractivity contribution in [2.75, 3.05) is 51.2 Å². The molecule has 0 bridgehead atoms. The highest BCUT2D eigenvalue weighted by Gasteiger charge is 2.22. The lowest BCUT2D eigenvalue weighted by molar-refractivity contribution is 0.185. The van der Waals surface area contributed by atoms with Gasteiger partial charge in [0.15, 0.2) is 5.96 Å². The number of hydrogen-bond donors (Lipinski definition) is 2. The van der Waals surface area contributed by atoms with Crippen LogP contribution in [0.2, 0.25) is 0 Å². The zero-order valence-electron chi connectivity index (χ0n) is 16.8. The second kappa shape index (κ2) is 12.1. The van der Waals surface area contributed by atoms with Crippen LogP contribution < -0.4 is 15.5 Å². The Morgan fingerprint density at radius 2 is 1.93 bits per heavy atom. The van der Waals surface area contributed by atoms with E-state index in [1.54, 1.807) is 0 Å². The number of hydrogen-bond acceptors (Lipinski definition) is 4. The molecule has 0 amide bonds. The Hall–Kier alpha value is -0.540. The Morgan fingerprint density at radius 3 is 2.52 bits per heavy atom. The van der Waals surface area contributed by atoms with Crippen molar-refractivity contribution >= 4 is 46.3 Å². The fourth-order valence-corrected chi connectivity index (χ4v) is 4.84. The summed E-state index contributed by atoms with van der Waals surface area (Å²) in [4.78, 5) is 9.56. The van der Waals surface area contributed by atoms with E-state index in [2.05, 4.69) is 49.9 Å². The van der Waals surface area contributed by atoms with E-state index in [-0.39, 0.29) is 24.0 Å². The third kappa shape index (κ3) is 7.09. The molecule has 2 N–H and O–H groups in total. The van der Waals surface area contributed by atoms with Crippen LogP contribution in [0.25, 0.3) is 0 Å². The first-order chi connectivity index (χ1) is 12.8. The standard InChI is InChI=1S/C20H35N5S.HI/c1-3-10-24-11-6-17(7-12-24)16-22-20(21-2)23-18-8-13-25(14-9-18)19-5-4-15-26-19;/h4-5,15,17-18H,3,6-14,16H2,1-2H3,(H2,21,22,23);1H. The highest BCUT2D eigenvalue weighted by atomic mass is 127. The van der Waals surface area contributed by atoms with Crippen molar-refractivity contribution in [1.29, 1.82) is 0 Å². The second-order valence-corrected chi connectivity index (χ2v) is 8.52. The van der Waals surface area contributed by atoms with Crippen LogP contribution in [0.15, 0.2) is 22.5 Å². The first-order valence-electron chi connectivity index (χ1n) is 10.3. The summed E-state index contributed by atoms with van der Waals surface area (Å²) in [5.74, 6) is 1.76. The summed E-state index contributed by atoms with van der Waals surface area (Å²) in [6, 6.07) is 4.90. The first-order valence-corrected chi connectivity index (χ1v) is 11.1. The Morgan fingerprint density at radius 1 is 1.19 bits per heavy atom. The molecule has 2 saturated heterocycles. The molecule has 2 aliphatic heterocycles. The number of thiophene rings is 1. The van der Waals surface area contributed by atoms with Crippen LogP contribution in [-0.4, -0.2) is 63.2 Å². The van der Waals surface area contributed by atoms with E-state index in [1.165, 1.54) is 56.7 Å². The number of likely N-dealkylation sites (tertiary alicyclic amines) is 1. The zero-order valence-corrected chi connectivity index (χ0v) is 20.0. The van der Waals surface area contributed by atoms with Crippen LogP contribution in [-0.2, 0) is 0 Å². The molecule has 27 heavy (non-hydrogen) atoms. The highest BCUT2D eigenvalue weighted by Crippen LogP contribution is 2.24. The van der Waals surface area contributed by atoms with E-state index in [9.17, 15) is 0 Å². The van der Waals surface area contributed by atoms with E-state index in [0.29, 0.717) is 6.04 Å². The van der Waals surface area contributed by atoms with Gasteiger partial charge in [0.25, 0.3) is 0 Å². The largest absolute Gasteiger partial charge is 0.363 e. The van der Waals surface area contributed by atoms with Crippen LogP contribution >= 0.6 is 35.3 Å². The number of halogens is 1. The molecule has 0 spiro atoms. The predicted molar refractivity (Wildman–Crippen MR) is 129 cm³/mol. The van der Waals surface area contributed by atoms with E-state index in [0.717, 1.165) is 31.5 Å². The van der Waals surface area contributed by atoms with Gasteiger partial charge in [-0.1, -0.05) is 6.92 Å². The number of guanidine groups is 1. The van der Waals surface area contributed by atoms with E-state index < -0.39 is 0 Å². The van der Waals surface area contributed by atoms with Crippen LogP contribution in [0.5, 0.6) is 0 Å². The summed E-state index contributed by atoms with van der Waals surface area (Å²) in [6.45, 7) is 9.35. The normalized spacial score (nSPS) is 20.4. The smallest absolute Gasteiger partial charge is 0.191 e. The monoisotopic (exact) mass is 505 g/mol. The molecule has 0 unspecified atom stereocenters. The molecule has 1 aromatic heterocycles. The van der Waals surface area contributed by atoms with Crippen LogP contribution in [0.1, 0.15) is 39.0 Å².